The van der Waals surface area contributed by atoms with E-state index in [0.717, 1.165) is 0 Å². The summed E-state index contributed by atoms with van der Waals surface area (Å²) in [4.78, 5) is 9.93. The van der Waals surface area contributed by atoms with Gasteiger partial charge in [-0.15, -0.1) is 0 Å². The summed E-state index contributed by atoms with van der Waals surface area (Å²) in [5.74, 6) is -1.48. The summed E-state index contributed by atoms with van der Waals surface area (Å²) in [6, 6.07) is 0. The summed E-state index contributed by atoms with van der Waals surface area (Å²) in [6.07, 6.45) is 3.27. The molecule has 0 bridgehead atoms. The first-order chi connectivity index (χ1) is 3.68. The van der Waals surface area contributed by atoms with Crippen molar-refractivity contribution in [3.05, 3.63) is 12.2 Å². The molecule has 8 heavy (non-hydrogen) atoms. The molecule has 46 valence electrons. The molecule has 0 N–H and O–H groups in total. The van der Waals surface area contributed by atoms with Gasteiger partial charge in [-0.3, -0.25) is 0 Å². The molecule has 2 nitrogen and oxygen atoms in total. The molecule has 0 aromatic carbocycles. The molecule has 1 atom stereocenters. The van der Waals surface area contributed by atoms with Crippen molar-refractivity contribution in [3.8, 4) is 0 Å². The van der Waals surface area contributed by atoms with Crippen LogP contribution >= 0.6 is 0 Å². The monoisotopic (exact) mass is 113 g/mol. The highest BCUT2D eigenvalue weighted by Gasteiger charge is 1.92. The largest absolute Gasteiger partial charge is 0.550 e. The van der Waals surface area contributed by atoms with Crippen LogP contribution in [0.2, 0.25) is 0 Å². The van der Waals surface area contributed by atoms with E-state index in [1.807, 2.05) is 0 Å². The fourth-order valence-corrected chi connectivity index (χ4v) is 0.367. The van der Waals surface area contributed by atoms with Crippen molar-refractivity contribution in [1.29, 1.82) is 0 Å². The normalized spacial score (nSPS) is 14.2. The van der Waals surface area contributed by atoms with E-state index < -0.39 is 11.9 Å². The Morgan fingerprint density at radius 1 is 1.75 bits per heavy atom. The average Bonchev–Trinajstić information content (AvgIpc) is 1.67. The van der Waals surface area contributed by atoms with Crippen molar-refractivity contribution in [2.75, 3.05) is 0 Å². The highest BCUT2D eigenvalue weighted by atomic mass is 16.4. The van der Waals surface area contributed by atoms with Gasteiger partial charge in [0.1, 0.15) is 0 Å². The Labute approximate surface area is 48.8 Å². The van der Waals surface area contributed by atoms with Gasteiger partial charge in [0.15, 0.2) is 0 Å². The molecule has 0 aliphatic rings. The van der Waals surface area contributed by atoms with E-state index >= 15 is 0 Å². The maximum atomic E-state index is 9.93. The zero-order chi connectivity index (χ0) is 6.57. The van der Waals surface area contributed by atoms with Crippen LogP contribution in [0.4, 0.5) is 0 Å². The number of carbonyl (C=O) groups is 1. The third kappa shape index (κ3) is 2.39. The number of hydrogen-bond donors (Lipinski definition) is 0. The molecular formula is C6H9O2-. The van der Waals surface area contributed by atoms with E-state index in [2.05, 4.69) is 0 Å². The van der Waals surface area contributed by atoms with Gasteiger partial charge in [0.2, 0.25) is 0 Å². The van der Waals surface area contributed by atoms with Gasteiger partial charge in [-0.1, -0.05) is 19.1 Å². The first kappa shape index (κ1) is 7.21. The summed E-state index contributed by atoms with van der Waals surface area (Å²) in [5.41, 5.74) is 0. The van der Waals surface area contributed by atoms with Gasteiger partial charge in [0, 0.05) is 11.9 Å². The van der Waals surface area contributed by atoms with Gasteiger partial charge in [-0.25, -0.2) is 0 Å². The molecular weight excluding hydrogens is 104 g/mol. The van der Waals surface area contributed by atoms with Crippen molar-refractivity contribution < 1.29 is 9.90 Å². The Morgan fingerprint density at radius 2 is 2.25 bits per heavy atom. The van der Waals surface area contributed by atoms with Crippen LogP contribution < -0.4 is 5.11 Å². The molecule has 2 heteroatoms. The van der Waals surface area contributed by atoms with Crippen molar-refractivity contribution in [2.24, 2.45) is 5.92 Å². The lowest BCUT2D eigenvalue weighted by Gasteiger charge is -2.04. The first-order valence-corrected chi connectivity index (χ1v) is 2.52. The molecule has 0 aromatic rings. The van der Waals surface area contributed by atoms with E-state index in [4.69, 9.17) is 0 Å². The minimum Gasteiger partial charge on any atom is -0.550 e. The Kier molecular flexibility index (Phi) is 2.92. The van der Waals surface area contributed by atoms with Crippen LogP contribution in [0.15, 0.2) is 12.2 Å². The van der Waals surface area contributed by atoms with Gasteiger partial charge >= 0.3 is 0 Å². The SMILES string of the molecule is C/C=C/C(C)C(=O)[O-]. The summed E-state index contributed by atoms with van der Waals surface area (Å²) in [7, 11) is 0. The molecule has 0 saturated carbocycles. The molecule has 0 amide bonds. The van der Waals surface area contributed by atoms with Crippen LogP contribution in [-0.2, 0) is 4.79 Å². The molecule has 0 rings (SSSR count). The topological polar surface area (TPSA) is 40.1 Å². The Morgan fingerprint density at radius 3 is 2.38 bits per heavy atom. The highest BCUT2D eigenvalue weighted by molar-refractivity contribution is 5.69. The second kappa shape index (κ2) is 3.24. The van der Waals surface area contributed by atoms with Crippen molar-refractivity contribution >= 4 is 5.97 Å². The molecule has 0 saturated heterocycles. The lowest BCUT2D eigenvalue weighted by Crippen LogP contribution is -2.28. The average molecular weight is 113 g/mol. The number of rotatable bonds is 2. The van der Waals surface area contributed by atoms with Gasteiger partial charge in [-0.05, 0) is 6.92 Å². The molecule has 0 radical (unpaired) electrons. The Balaban J connectivity index is 3.64. The predicted octanol–water partition coefficient (Wildman–Crippen LogP) is -0.0515. The van der Waals surface area contributed by atoms with Crippen LogP contribution in [0.3, 0.4) is 0 Å². The van der Waals surface area contributed by atoms with Crippen LogP contribution in [-0.4, -0.2) is 5.97 Å². The zero-order valence-corrected chi connectivity index (χ0v) is 5.05. The Bertz CT molecular complexity index is 105. The second-order valence-electron chi connectivity index (χ2n) is 1.63. The second-order valence-corrected chi connectivity index (χ2v) is 1.63. The maximum absolute atomic E-state index is 9.93. The number of hydrogen-bond acceptors (Lipinski definition) is 2. The lowest BCUT2D eigenvalue weighted by molar-refractivity contribution is -0.309. The van der Waals surface area contributed by atoms with Gasteiger partial charge in [0.05, 0.1) is 0 Å². The third-order valence-electron chi connectivity index (χ3n) is 0.853. The first-order valence-electron chi connectivity index (χ1n) is 2.52. The van der Waals surface area contributed by atoms with E-state index in [1.54, 1.807) is 26.0 Å². The summed E-state index contributed by atoms with van der Waals surface area (Å²) >= 11 is 0. The van der Waals surface area contributed by atoms with E-state index in [-0.39, 0.29) is 0 Å². The number of aliphatic carboxylic acids is 1. The molecule has 0 heterocycles. The predicted molar refractivity (Wildman–Crippen MR) is 29.0 cm³/mol. The van der Waals surface area contributed by atoms with Gasteiger partial charge in [0.25, 0.3) is 0 Å². The summed E-state index contributed by atoms with van der Waals surface area (Å²) < 4.78 is 0. The van der Waals surface area contributed by atoms with Gasteiger partial charge < -0.3 is 9.90 Å². The number of carbonyl (C=O) groups excluding carboxylic acids is 1. The van der Waals surface area contributed by atoms with Crippen molar-refractivity contribution in [1.82, 2.24) is 0 Å². The minimum atomic E-state index is -1.02. The molecule has 1 unspecified atom stereocenters. The molecule has 0 aromatic heterocycles. The smallest absolute Gasteiger partial charge is 0.0480 e. The maximum Gasteiger partial charge on any atom is 0.0480 e. The summed E-state index contributed by atoms with van der Waals surface area (Å²) in [6.45, 7) is 3.36. The molecule has 0 aliphatic carbocycles. The molecule has 0 aliphatic heterocycles. The van der Waals surface area contributed by atoms with E-state index in [0.29, 0.717) is 0 Å². The molecule has 0 fully saturated rings. The molecule has 0 spiro atoms. The minimum absolute atomic E-state index is 0.458. The number of allylic oxidation sites excluding steroid dienone is 1. The van der Waals surface area contributed by atoms with Crippen LogP contribution in [0.5, 0.6) is 0 Å². The van der Waals surface area contributed by atoms with E-state index in [9.17, 15) is 9.90 Å². The lowest BCUT2D eigenvalue weighted by atomic mass is 10.2. The standard InChI is InChI=1S/C6H10O2/c1-3-4-5(2)6(7)8/h3-5H,1-2H3,(H,7,8)/p-1/b4-3+. The number of carboxylic acids is 1. The third-order valence-corrected chi connectivity index (χ3v) is 0.853. The van der Waals surface area contributed by atoms with E-state index in [1.165, 1.54) is 0 Å². The van der Waals surface area contributed by atoms with Crippen molar-refractivity contribution in [3.63, 3.8) is 0 Å². The van der Waals surface area contributed by atoms with Gasteiger partial charge in [-0.2, -0.15) is 0 Å². The number of carboxylic acid groups (broad SMARTS) is 1. The highest BCUT2D eigenvalue weighted by Crippen LogP contribution is 1.92. The fraction of sp³-hybridized carbons (Fsp3) is 0.500. The fourth-order valence-electron chi connectivity index (χ4n) is 0.367. The van der Waals surface area contributed by atoms with Crippen LogP contribution in [0.25, 0.3) is 0 Å². The van der Waals surface area contributed by atoms with Crippen LogP contribution in [0.1, 0.15) is 13.8 Å². The quantitative estimate of drug-likeness (QED) is 0.471. The Hall–Kier alpha value is -0.790. The van der Waals surface area contributed by atoms with Crippen LogP contribution in [0, 0.1) is 5.92 Å². The summed E-state index contributed by atoms with van der Waals surface area (Å²) in [5, 5.41) is 9.93. The van der Waals surface area contributed by atoms with Crippen molar-refractivity contribution in [2.45, 2.75) is 13.8 Å². The zero-order valence-electron chi connectivity index (χ0n) is 5.05.